The number of amides is 2. The largest absolute Gasteiger partial charge is 0.302 e. The van der Waals surface area contributed by atoms with Crippen LogP contribution < -0.4 is 16.2 Å². The third kappa shape index (κ3) is 5.05. The Hall–Kier alpha value is -1.95. The molecule has 6 heteroatoms. The maximum atomic E-state index is 11.8. The van der Waals surface area contributed by atoms with Crippen molar-refractivity contribution in [1.82, 2.24) is 16.2 Å². The molecule has 1 aromatic rings. The summed E-state index contributed by atoms with van der Waals surface area (Å²) in [6.45, 7) is 5.41. The number of rotatable bonds is 2. The number of aryl methyl sites for hydroxylation is 1. The Morgan fingerprint density at radius 2 is 1.89 bits per heavy atom. The van der Waals surface area contributed by atoms with E-state index in [0.717, 1.165) is 5.56 Å². The van der Waals surface area contributed by atoms with Crippen molar-refractivity contribution in [1.29, 1.82) is 0 Å². The molecule has 1 aromatic carbocycles. The monoisotopic (exact) mass is 279 g/mol. The van der Waals surface area contributed by atoms with Crippen molar-refractivity contribution < 1.29 is 9.59 Å². The van der Waals surface area contributed by atoms with Gasteiger partial charge >= 0.3 is 0 Å². The molecule has 0 saturated carbocycles. The Bertz CT molecular complexity index is 500. The van der Waals surface area contributed by atoms with Crippen LogP contribution in [0.15, 0.2) is 24.3 Å². The zero-order chi connectivity index (χ0) is 14.4. The fraction of sp³-hybridized carbons (Fsp3) is 0.308. The third-order valence-electron chi connectivity index (χ3n) is 2.33. The molecule has 0 bridgehead atoms. The van der Waals surface area contributed by atoms with Gasteiger partial charge in [-0.3, -0.25) is 20.4 Å². The second-order valence-electron chi connectivity index (χ2n) is 4.42. The molecule has 19 heavy (non-hydrogen) atoms. The van der Waals surface area contributed by atoms with Crippen LogP contribution in [0.5, 0.6) is 0 Å². The average molecular weight is 279 g/mol. The zero-order valence-electron chi connectivity index (χ0n) is 11.1. The maximum Gasteiger partial charge on any atom is 0.269 e. The molecular weight excluding hydrogens is 262 g/mol. The molecule has 0 aliphatic carbocycles. The molecule has 0 unspecified atom stereocenters. The quantitative estimate of drug-likeness (QED) is 0.563. The Balaban J connectivity index is 2.47. The average Bonchev–Trinajstić information content (AvgIpc) is 2.35. The fourth-order valence-corrected chi connectivity index (χ4v) is 1.41. The summed E-state index contributed by atoms with van der Waals surface area (Å²) in [4.78, 5) is 23.1. The third-order valence-corrected chi connectivity index (χ3v) is 2.54. The van der Waals surface area contributed by atoms with E-state index in [4.69, 9.17) is 12.2 Å². The van der Waals surface area contributed by atoms with Gasteiger partial charge in [0, 0.05) is 11.5 Å². The molecule has 5 nitrogen and oxygen atoms in total. The molecule has 3 N–H and O–H groups in total. The first-order valence-electron chi connectivity index (χ1n) is 5.88. The molecule has 0 aliphatic heterocycles. The minimum atomic E-state index is -0.315. The van der Waals surface area contributed by atoms with Gasteiger partial charge in [-0.2, -0.15) is 0 Å². The summed E-state index contributed by atoms with van der Waals surface area (Å²) in [7, 11) is 0. The highest BCUT2D eigenvalue weighted by atomic mass is 32.1. The van der Waals surface area contributed by atoms with Gasteiger partial charge in [0.25, 0.3) is 5.91 Å². The Labute approximate surface area is 117 Å². The molecule has 102 valence electrons. The van der Waals surface area contributed by atoms with Gasteiger partial charge < -0.3 is 5.32 Å². The minimum Gasteiger partial charge on any atom is -0.302 e. The van der Waals surface area contributed by atoms with Gasteiger partial charge in [0.15, 0.2) is 5.11 Å². The second kappa shape index (κ2) is 6.84. The van der Waals surface area contributed by atoms with Crippen molar-refractivity contribution in [2.24, 2.45) is 5.92 Å². The van der Waals surface area contributed by atoms with E-state index in [1.807, 2.05) is 13.0 Å². The van der Waals surface area contributed by atoms with Crippen LogP contribution in [0.2, 0.25) is 0 Å². The van der Waals surface area contributed by atoms with E-state index >= 15 is 0 Å². The molecule has 0 fully saturated rings. The fourth-order valence-electron chi connectivity index (χ4n) is 1.26. The minimum absolute atomic E-state index is 0.0692. The van der Waals surface area contributed by atoms with Crippen LogP contribution in [0.4, 0.5) is 0 Å². The van der Waals surface area contributed by atoms with Gasteiger partial charge in [-0.1, -0.05) is 31.5 Å². The van der Waals surface area contributed by atoms with Crippen molar-refractivity contribution in [2.45, 2.75) is 20.8 Å². The molecule has 0 atom stereocenters. The molecule has 2 amide bonds. The van der Waals surface area contributed by atoms with Crippen LogP contribution in [-0.4, -0.2) is 16.9 Å². The number of hydrogen-bond acceptors (Lipinski definition) is 3. The molecule has 0 heterocycles. The summed E-state index contributed by atoms with van der Waals surface area (Å²) in [5.74, 6) is -0.695. The first kappa shape index (κ1) is 15.1. The van der Waals surface area contributed by atoms with E-state index in [0.29, 0.717) is 5.56 Å². The number of benzene rings is 1. The summed E-state index contributed by atoms with van der Waals surface area (Å²) in [5, 5.41) is 2.53. The number of carbonyl (C=O) groups is 2. The summed E-state index contributed by atoms with van der Waals surface area (Å²) < 4.78 is 0. The zero-order valence-corrected chi connectivity index (χ0v) is 11.9. The lowest BCUT2D eigenvalue weighted by atomic mass is 10.1. The Kier molecular flexibility index (Phi) is 5.44. The van der Waals surface area contributed by atoms with Gasteiger partial charge in [-0.05, 0) is 31.3 Å². The number of hydrogen-bond donors (Lipinski definition) is 3. The standard InChI is InChI=1S/C13H17N3O2S/c1-8(2)11(17)14-13(19)16-15-12(18)10-6-4-5-9(3)7-10/h4-8H,1-3H3,(H,15,18)(H2,14,16,17,19). The first-order valence-corrected chi connectivity index (χ1v) is 6.29. The van der Waals surface area contributed by atoms with Gasteiger partial charge in [-0.25, -0.2) is 0 Å². The van der Waals surface area contributed by atoms with Crippen LogP contribution in [-0.2, 0) is 4.79 Å². The first-order chi connectivity index (χ1) is 8.90. The Morgan fingerprint density at radius 3 is 2.47 bits per heavy atom. The van der Waals surface area contributed by atoms with E-state index in [9.17, 15) is 9.59 Å². The van der Waals surface area contributed by atoms with Gasteiger partial charge in [0.2, 0.25) is 5.91 Å². The molecule has 0 saturated heterocycles. The Morgan fingerprint density at radius 1 is 1.21 bits per heavy atom. The lowest BCUT2D eigenvalue weighted by Crippen LogP contribution is -2.49. The van der Waals surface area contributed by atoms with E-state index in [-0.39, 0.29) is 22.8 Å². The SMILES string of the molecule is Cc1cccc(C(=O)NNC(=S)NC(=O)C(C)C)c1. The van der Waals surface area contributed by atoms with E-state index in [1.165, 1.54) is 0 Å². The molecule has 1 rings (SSSR count). The molecule has 0 spiro atoms. The van der Waals surface area contributed by atoms with Gasteiger partial charge in [0.1, 0.15) is 0 Å². The van der Waals surface area contributed by atoms with Crippen LogP contribution in [0.1, 0.15) is 29.8 Å². The van der Waals surface area contributed by atoms with Crippen molar-refractivity contribution >= 4 is 29.1 Å². The van der Waals surface area contributed by atoms with Crippen LogP contribution in [0.3, 0.4) is 0 Å². The number of carbonyl (C=O) groups excluding carboxylic acids is 2. The molecule has 0 aliphatic rings. The van der Waals surface area contributed by atoms with Crippen LogP contribution in [0.25, 0.3) is 0 Å². The summed E-state index contributed by atoms with van der Waals surface area (Å²) in [6.07, 6.45) is 0. The van der Waals surface area contributed by atoms with E-state index in [1.54, 1.807) is 32.0 Å². The summed E-state index contributed by atoms with van der Waals surface area (Å²) in [6, 6.07) is 7.15. The predicted octanol–water partition coefficient (Wildman–Crippen LogP) is 1.29. The second-order valence-corrected chi connectivity index (χ2v) is 4.83. The van der Waals surface area contributed by atoms with E-state index < -0.39 is 0 Å². The molecule has 0 aromatic heterocycles. The number of hydrazine groups is 1. The highest BCUT2D eigenvalue weighted by Gasteiger charge is 2.10. The maximum absolute atomic E-state index is 11.8. The highest BCUT2D eigenvalue weighted by Crippen LogP contribution is 2.02. The normalized spacial score (nSPS) is 9.89. The van der Waals surface area contributed by atoms with Crippen molar-refractivity contribution in [3.63, 3.8) is 0 Å². The van der Waals surface area contributed by atoms with Crippen LogP contribution >= 0.6 is 12.2 Å². The van der Waals surface area contributed by atoms with E-state index in [2.05, 4.69) is 16.2 Å². The highest BCUT2D eigenvalue weighted by molar-refractivity contribution is 7.80. The van der Waals surface area contributed by atoms with Crippen molar-refractivity contribution in [3.05, 3.63) is 35.4 Å². The topological polar surface area (TPSA) is 70.2 Å². The lowest BCUT2D eigenvalue weighted by Gasteiger charge is -2.12. The van der Waals surface area contributed by atoms with Crippen LogP contribution in [0, 0.1) is 12.8 Å². The molecular formula is C13H17N3O2S. The number of nitrogens with one attached hydrogen (secondary N) is 3. The van der Waals surface area contributed by atoms with Crippen molar-refractivity contribution in [3.8, 4) is 0 Å². The smallest absolute Gasteiger partial charge is 0.269 e. The lowest BCUT2D eigenvalue weighted by molar-refractivity contribution is -0.122. The van der Waals surface area contributed by atoms with Gasteiger partial charge in [0.05, 0.1) is 0 Å². The number of thiocarbonyl (C=S) groups is 1. The van der Waals surface area contributed by atoms with Crippen molar-refractivity contribution in [2.75, 3.05) is 0 Å². The summed E-state index contributed by atoms with van der Waals surface area (Å²) >= 11 is 4.89. The summed E-state index contributed by atoms with van der Waals surface area (Å²) in [5.41, 5.74) is 6.42. The molecule has 0 radical (unpaired) electrons. The predicted molar refractivity (Wildman–Crippen MR) is 77.4 cm³/mol. The van der Waals surface area contributed by atoms with Gasteiger partial charge in [-0.15, -0.1) is 0 Å².